The molecule has 2 nitrogen and oxygen atoms in total. The van der Waals surface area contributed by atoms with Gasteiger partial charge in [-0.05, 0) is 6.92 Å². The van der Waals surface area contributed by atoms with E-state index in [0.717, 1.165) is 6.92 Å². The van der Waals surface area contributed by atoms with Crippen LogP contribution in [0.3, 0.4) is 0 Å². The van der Waals surface area contributed by atoms with Crippen LogP contribution in [-0.2, 0) is 9.59 Å². The number of ketones is 2. The number of carbonyl (C=O) groups excluding carboxylic acids is 2. The molecule has 0 aromatic rings. The monoisotopic (exact) mass is 188 g/mol. The minimum absolute atomic E-state index is 0.821. The highest BCUT2D eigenvalue weighted by Crippen LogP contribution is 2.20. The molecule has 0 amide bonds. The molecular formula is C5H4ClF3O2. The molecule has 0 aliphatic rings. The summed E-state index contributed by atoms with van der Waals surface area (Å²) in [5.41, 5.74) is 0. The fourth-order valence-corrected chi connectivity index (χ4v) is 0.452. The second-order valence-corrected chi connectivity index (χ2v) is 2.27. The molecule has 1 atom stereocenters. The Morgan fingerprint density at radius 2 is 1.73 bits per heavy atom. The first-order valence-electron chi connectivity index (χ1n) is 2.52. The van der Waals surface area contributed by atoms with Crippen molar-refractivity contribution >= 4 is 23.2 Å². The topological polar surface area (TPSA) is 34.1 Å². The smallest absolute Gasteiger partial charge is 0.298 e. The third-order valence-electron chi connectivity index (χ3n) is 0.866. The van der Waals surface area contributed by atoms with E-state index in [9.17, 15) is 22.8 Å². The number of hydrogen-bond donors (Lipinski definition) is 0. The molecule has 0 rings (SSSR count). The molecule has 0 aromatic carbocycles. The van der Waals surface area contributed by atoms with Crippen molar-refractivity contribution in [2.75, 3.05) is 0 Å². The van der Waals surface area contributed by atoms with E-state index in [1.807, 2.05) is 0 Å². The van der Waals surface area contributed by atoms with E-state index in [4.69, 9.17) is 11.6 Å². The van der Waals surface area contributed by atoms with Gasteiger partial charge in [-0.3, -0.25) is 9.59 Å². The Balaban J connectivity index is 4.39. The lowest BCUT2D eigenvalue weighted by molar-refractivity contribution is -0.171. The minimum Gasteiger partial charge on any atom is -0.298 e. The van der Waals surface area contributed by atoms with Crippen LogP contribution in [0.2, 0.25) is 0 Å². The summed E-state index contributed by atoms with van der Waals surface area (Å²) < 4.78 is 34.4. The highest BCUT2D eigenvalue weighted by atomic mass is 35.5. The molecule has 0 fully saturated rings. The molecule has 0 aliphatic carbocycles. The van der Waals surface area contributed by atoms with Gasteiger partial charge in [0, 0.05) is 0 Å². The molecule has 0 bridgehead atoms. The zero-order chi connectivity index (χ0) is 9.23. The van der Waals surface area contributed by atoms with Crippen LogP contribution in [0, 0.1) is 0 Å². The molecule has 0 aromatic heterocycles. The van der Waals surface area contributed by atoms with Crippen LogP contribution in [0.4, 0.5) is 13.2 Å². The Morgan fingerprint density at radius 1 is 1.36 bits per heavy atom. The van der Waals surface area contributed by atoms with E-state index in [1.165, 1.54) is 0 Å². The van der Waals surface area contributed by atoms with Gasteiger partial charge in [-0.2, -0.15) is 13.2 Å². The summed E-state index contributed by atoms with van der Waals surface area (Å²) in [6.45, 7) is 0.821. The van der Waals surface area contributed by atoms with Gasteiger partial charge < -0.3 is 0 Å². The molecule has 0 radical (unpaired) electrons. The standard InChI is InChI=1S/C5H4ClF3O2/c1-2(10)3(6)4(11)5(7,8)9/h3H,1H3/t3-/m1/s1. The highest BCUT2D eigenvalue weighted by Gasteiger charge is 2.44. The number of hydrogen-bond acceptors (Lipinski definition) is 2. The van der Waals surface area contributed by atoms with Gasteiger partial charge in [0.05, 0.1) is 0 Å². The maximum Gasteiger partial charge on any atom is 0.452 e. The van der Waals surface area contributed by atoms with E-state index in [0.29, 0.717) is 0 Å². The molecule has 0 saturated heterocycles. The number of rotatable bonds is 2. The first-order valence-corrected chi connectivity index (χ1v) is 2.96. The largest absolute Gasteiger partial charge is 0.452 e. The van der Waals surface area contributed by atoms with Gasteiger partial charge in [-0.25, -0.2) is 0 Å². The molecule has 0 heterocycles. The van der Waals surface area contributed by atoms with Crippen LogP contribution in [0.15, 0.2) is 0 Å². The van der Waals surface area contributed by atoms with Crippen molar-refractivity contribution in [3.63, 3.8) is 0 Å². The number of alkyl halides is 4. The summed E-state index contributed by atoms with van der Waals surface area (Å²) in [5.74, 6) is -3.22. The van der Waals surface area contributed by atoms with Gasteiger partial charge in [0.15, 0.2) is 11.2 Å². The van der Waals surface area contributed by atoms with E-state index < -0.39 is 23.1 Å². The SMILES string of the molecule is CC(=O)[C@@H](Cl)C(=O)C(F)(F)F. The van der Waals surface area contributed by atoms with Crippen molar-refractivity contribution in [2.45, 2.75) is 18.5 Å². The van der Waals surface area contributed by atoms with Gasteiger partial charge >= 0.3 is 6.18 Å². The quantitative estimate of drug-likeness (QED) is 0.484. The zero-order valence-corrected chi connectivity index (χ0v) is 6.16. The lowest BCUT2D eigenvalue weighted by Crippen LogP contribution is -2.35. The fraction of sp³-hybridized carbons (Fsp3) is 0.600. The van der Waals surface area contributed by atoms with Crippen LogP contribution < -0.4 is 0 Å². The van der Waals surface area contributed by atoms with Gasteiger partial charge in [0.1, 0.15) is 0 Å². The zero-order valence-electron chi connectivity index (χ0n) is 5.41. The molecule has 0 saturated carbocycles. The summed E-state index contributed by atoms with van der Waals surface area (Å²) in [6, 6.07) is 0. The van der Waals surface area contributed by atoms with Crippen LogP contribution in [0.1, 0.15) is 6.92 Å². The molecule has 11 heavy (non-hydrogen) atoms. The van der Waals surface area contributed by atoms with Crippen molar-refractivity contribution in [1.29, 1.82) is 0 Å². The Morgan fingerprint density at radius 3 is 1.82 bits per heavy atom. The Bertz CT molecular complexity index is 187. The second kappa shape index (κ2) is 3.21. The van der Waals surface area contributed by atoms with Crippen molar-refractivity contribution in [2.24, 2.45) is 0 Å². The van der Waals surface area contributed by atoms with Crippen LogP contribution in [-0.4, -0.2) is 23.1 Å². The van der Waals surface area contributed by atoms with Crippen LogP contribution in [0.5, 0.6) is 0 Å². The van der Waals surface area contributed by atoms with Gasteiger partial charge in [0.25, 0.3) is 5.78 Å². The predicted molar refractivity (Wildman–Crippen MR) is 31.4 cm³/mol. The summed E-state index contributed by atoms with van der Waals surface area (Å²) in [4.78, 5) is 20.3. The molecule has 0 N–H and O–H groups in total. The Labute approximate surface area is 65.3 Å². The van der Waals surface area contributed by atoms with E-state index in [2.05, 4.69) is 0 Å². The summed E-state index contributed by atoms with van der Waals surface area (Å²) in [6.07, 6.45) is -5.03. The molecule has 0 spiro atoms. The lowest BCUT2D eigenvalue weighted by atomic mass is 10.2. The summed E-state index contributed by atoms with van der Waals surface area (Å²) in [5, 5.41) is -2.10. The lowest BCUT2D eigenvalue weighted by Gasteiger charge is -2.06. The average molecular weight is 189 g/mol. The summed E-state index contributed by atoms with van der Waals surface area (Å²) >= 11 is 4.83. The molecule has 0 unspecified atom stereocenters. The van der Waals surface area contributed by atoms with Crippen molar-refractivity contribution in [3.05, 3.63) is 0 Å². The first-order chi connectivity index (χ1) is 4.76. The molecule has 64 valence electrons. The van der Waals surface area contributed by atoms with Crippen molar-refractivity contribution < 1.29 is 22.8 Å². The van der Waals surface area contributed by atoms with Gasteiger partial charge in [-0.1, -0.05) is 0 Å². The minimum atomic E-state index is -5.03. The first kappa shape index (κ1) is 10.4. The van der Waals surface area contributed by atoms with Crippen LogP contribution >= 0.6 is 11.6 Å². The average Bonchev–Trinajstić information content (AvgIpc) is 1.82. The van der Waals surface area contributed by atoms with E-state index in [-0.39, 0.29) is 0 Å². The molecule has 6 heteroatoms. The van der Waals surface area contributed by atoms with E-state index in [1.54, 1.807) is 0 Å². The third-order valence-corrected chi connectivity index (χ3v) is 1.37. The Kier molecular flexibility index (Phi) is 3.04. The summed E-state index contributed by atoms with van der Waals surface area (Å²) in [7, 11) is 0. The number of halogens is 4. The molecular weight excluding hydrogens is 184 g/mol. The Hall–Kier alpha value is -0.580. The fourth-order valence-electron chi connectivity index (χ4n) is 0.328. The number of Topliss-reactive ketones (excluding diaryl/α,β-unsaturated/α-hetero) is 2. The van der Waals surface area contributed by atoms with Gasteiger partial charge in [-0.15, -0.1) is 11.6 Å². The van der Waals surface area contributed by atoms with E-state index >= 15 is 0 Å². The highest BCUT2D eigenvalue weighted by molar-refractivity contribution is 6.42. The predicted octanol–water partition coefficient (Wildman–Crippen LogP) is 1.31. The van der Waals surface area contributed by atoms with Crippen molar-refractivity contribution in [1.82, 2.24) is 0 Å². The maximum absolute atomic E-state index is 11.5. The van der Waals surface area contributed by atoms with Crippen LogP contribution in [0.25, 0.3) is 0 Å². The van der Waals surface area contributed by atoms with Gasteiger partial charge in [0.2, 0.25) is 0 Å². The number of carbonyl (C=O) groups is 2. The maximum atomic E-state index is 11.5. The second-order valence-electron chi connectivity index (χ2n) is 1.84. The normalized spacial score (nSPS) is 14.3. The molecule has 0 aliphatic heterocycles. The van der Waals surface area contributed by atoms with Crippen molar-refractivity contribution in [3.8, 4) is 0 Å². The third kappa shape index (κ3) is 2.88.